The zero-order valence-corrected chi connectivity index (χ0v) is 45.8. The molecule has 9 heteroatoms. The third-order valence-electron chi connectivity index (χ3n) is 16.2. The van der Waals surface area contributed by atoms with Gasteiger partial charge in [-0.3, -0.25) is 9.88 Å². The summed E-state index contributed by atoms with van der Waals surface area (Å²) in [6.45, 7) is 0. The summed E-state index contributed by atoms with van der Waals surface area (Å²) in [6, 6.07) is 106. The molecule has 0 atom stereocenters. The van der Waals surface area contributed by atoms with E-state index in [2.05, 4.69) is 316 Å². The van der Waals surface area contributed by atoms with Crippen LogP contribution in [0, 0.1) is 0 Å². The van der Waals surface area contributed by atoms with Crippen LogP contribution >= 0.6 is 0 Å². The van der Waals surface area contributed by atoms with Crippen LogP contribution in [-0.4, -0.2) is 33.3 Å². The molecular weight excluding hydrogens is 1010 g/mol. The van der Waals surface area contributed by atoms with Gasteiger partial charge in [-0.1, -0.05) is 181 Å². The highest BCUT2D eigenvalue weighted by Crippen LogP contribution is 2.50. The lowest BCUT2D eigenvalue weighted by molar-refractivity contribution is 0.487. The van der Waals surface area contributed by atoms with E-state index >= 15 is 0 Å². The van der Waals surface area contributed by atoms with Gasteiger partial charge in [0.05, 0.1) is 17.1 Å². The van der Waals surface area contributed by atoms with Crippen molar-refractivity contribution in [2.24, 2.45) is 0 Å². The molecule has 0 saturated heterocycles. The molecule has 16 rings (SSSR count). The van der Waals surface area contributed by atoms with Gasteiger partial charge in [-0.15, -0.1) is 0 Å². The van der Waals surface area contributed by atoms with Crippen LogP contribution in [0.15, 0.2) is 291 Å². The topological polar surface area (TPSA) is 38.3 Å². The SMILES string of the molecule is c1ccc(N(c2ccccc2)c2cc3[c]4c(c2)N(c2ccccc2)c2c[c]5c(n[c]2[Al]4[c]2ccccc2O3)N(c2ccccc2)c2cc(N(c3ccccc3)c3ccccc3)cc3[c]2[Al]5[c]2ccccc2N3c2ccccc2)cc1. The van der Waals surface area contributed by atoms with Gasteiger partial charge in [-0.2, -0.15) is 0 Å². The van der Waals surface area contributed by atoms with Crippen LogP contribution in [0.2, 0.25) is 0 Å². The summed E-state index contributed by atoms with van der Waals surface area (Å²) in [5.41, 5.74) is 15.3. The number of benzene rings is 11. The molecule has 80 heavy (non-hydrogen) atoms. The van der Waals surface area contributed by atoms with Gasteiger partial charge < -0.3 is 24.3 Å². The molecular formula is C71H48Al2N6O. The minimum atomic E-state index is -2.45. The Labute approximate surface area is 474 Å². The largest absolute Gasteiger partial charge is 0.460 e. The predicted octanol–water partition coefficient (Wildman–Crippen LogP) is 14.5. The minimum absolute atomic E-state index is 0.869. The number of ether oxygens (including phenoxy) is 1. The van der Waals surface area contributed by atoms with Gasteiger partial charge in [0.15, 0.2) is 0 Å². The summed E-state index contributed by atoms with van der Waals surface area (Å²) >= 11 is -4.89. The Morgan fingerprint density at radius 1 is 0.287 bits per heavy atom. The van der Waals surface area contributed by atoms with E-state index < -0.39 is 28.3 Å². The molecule has 4 aliphatic rings. The average Bonchev–Trinajstić information content (AvgIpc) is 3.31. The first kappa shape index (κ1) is 46.5. The average molecular weight is 1060 g/mol. The van der Waals surface area contributed by atoms with E-state index in [0.29, 0.717) is 0 Å². The smallest absolute Gasteiger partial charge is 0.430 e. The number of anilines is 15. The Kier molecular flexibility index (Phi) is 11.1. The number of aromatic nitrogens is 1. The van der Waals surface area contributed by atoms with Crippen molar-refractivity contribution in [1.29, 1.82) is 0 Å². The highest BCUT2D eigenvalue weighted by molar-refractivity contribution is 7.01. The van der Waals surface area contributed by atoms with Crippen molar-refractivity contribution in [2.75, 3.05) is 24.5 Å². The van der Waals surface area contributed by atoms with Crippen LogP contribution < -0.4 is 55.9 Å². The Bertz CT molecular complexity index is 4230. The maximum absolute atomic E-state index is 7.23. The molecule has 12 aromatic rings. The summed E-state index contributed by atoms with van der Waals surface area (Å²) in [6.07, 6.45) is 0. The van der Waals surface area contributed by atoms with Crippen molar-refractivity contribution in [1.82, 2.24) is 4.98 Å². The molecule has 7 nitrogen and oxygen atoms in total. The molecule has 0 radical (unpaired) electrons. The number of hydrogen-bond acceptors (Lipinski definition) is 7. The van der Waals surface area contributed by atoms with Crippen molar-refractivity contribution < 1.29 is 4.74 Å². The van der Waals surface area contributed by atoms with Gasteiger partial charge in [-0.25, -0.2) is 0 Å². The first-order valence-electron chi connectivity index (χ1n) is 27.4. The van der Waals surface area contributed by atoms with Crippen LogP contribution in [0.25, 0.3) is 0 Å². The summed E-state index contributed by atoms with van der Waals surface area (Å²) in [7, 11) is 0. The standard InChI is InChI=1S/C71H48N6O.2Al/c1-10-28-55(29-11-1)73(56-30-12-2-13-31-56)64-48-65(74(57-32-14-3-15-33-57)58-34-16-4-17-35-58)50-66(49-64)77(62-42-24-8-25-43-62)71-47-46-63(54-72-71)76(61-40-22-7-23-41-61)68-51-67(52-70(53-68)78-69-44-26-9-27-45-69)75(59-36-18-5-19-37-59)60-38-20-6-21-39-60;;/h1-34,36-44,46,48-49,51-52H;;. The molecule has 11 aromatic carbocycles. The van der Waals surface area contributed by atoms with Gasteiger partial charge in [0.2, 0.25) is 0 Å². The third kappa shape index (κ3) is 7.45. The molecule has 0 spiro atoms. The predicted molar refractivity (Wildman–Crippen MR) is 333 cm³/mol. The lowest BCUT2D eigenvalue weighted by atomic mass is 10.1. The summed E-state index contributed by atoms with van der Waals surface area (Å²) in [5.74, 6) is 2.75. The first-order valence-corrected chi connectivity index (χ1v) is 30.8. The number of para-hydroxylation sites is 9. The van der Waals surface area contributed by atoms with Gasteiger partial charge >= 0.3 is 28.3 Å². The van der Waals surface area contributed by atoms with E-state index in [4.69, 9.17) is 9.72 Å². The molecule has 0 fully saturated rings. The molecule has 4 aliphatic heterocycles. The highest BCUT2D eigenvalue weighted by Gasteiger charge is 2.51. The zero-order valence-electron chi connectivity index (χ0n) is 43.5. The molecule has 0 amide bonds. The molecule has 0 bridgehead atoms. The lowest BCUT2D eigenvalue weighted by Gasteiger charge is -2.46. The van der Waals surface area contributed by atoms with Gasteiger partial charge in [-0.05, 0) is 126 Å². The summed E-state index contributed by atoms with van der Waals surface area (Å²) in [4.78, 5) is 18.6. The maximum Gasteiger partial charge on any atom is 0.430 e. The number of nitrogens with zero attached hydrogens (tertiary/aromatic N) is 6. The molecule has 0 N–H and O–H groups in total. The monoisotopic (exact) mass is 1050 g/mol. The number of rotatable bonds is 9. The van der Waals surface area contributed by atoms with E-state index in [-0.39, 0.29) is 0 Å². The second-order valence-electron chi connectivity index (χ2n) is 20.7. The maximum atomic E-state index is 7.23. The minimum Gasteiger partial charge on any atom is -0.460 e. The van der Waals surface area contributed by atoms with Crippen LogP contribution in [0.3, 0.4) is 0 Å². The molecule has 0 aliphatic carbocycles. The van der Waals surface area contributed by atoms with Crippen molar-refractivity contribution >= 4 is 140 Å². The van der Waals surface area contributed by atoms with Gasteiger partial charge in [0.25, 0.3) is 0 Å². The third-order valence-corrected chi connectivity index (χ3v) is 22.7. The second kappa shape index (κ2) is 19.1. The second-order valence-corrected chi connectivity index (χ2v) is 26.0. The van der Waals surface area contributed by atoms with E-state index in [1.165, 1.54) is 33.5 Å². The van der Waals surface area contributed by atoms with Crippen molar-refractivity contribution in [3.8, 4) is 11.5 Å². The highest BCUT2D eigenvalue weighted by atomic mass is 27.2. The van der Waals surface area contributed by atoms with Crippen LogP contribution in [0.5, 0.6) is 11.5 Å². The van der Waals surface area contributed by atoms with Crippen LogP contribution in [0.4, 0.5) is 85.4 Å². The fourth-order valence-electron chi connectivity index (χ4n) is 12.9. The quantitative estimate of drug-likeness (QED) is 0.133. The normalized spacial score (nSPS) is 13.0. The van der Waals surface area contributed by atoms with E-state index in [1.54, 1.807) is 0 Å². The molecule has 374 valence electrons. The molecule has 5 heterocycles. The fourth-order valence-corrected chi connectivity index (χ4v) is 19.8. The number of hydrogen-bond donors (Lipinski definition) is 0. The van der Waals surface area contributed by atoms with E-state index in [9.17, 15) is 0 Å². The zero-order chi connectivity index (χ0) is 52.7. The van der Waals surface area contributed by atoms with Crippen molar-refractivity contribution in [3.05, 3.63) is 291 Å². The van der Waals surface area contributed by atoms with Gasteiger partial charge in [0.1, 0.15) is 17.3 Å². The molecule has 1 aromatic heterocycles. The van der Waals surface area contributed by atoms with E-state index in [1.807, 2.05) is 0 Å². The summed E-state index contributed by atoms with van der Waals surface area (Å²) < 4.78 is 14.8. The fraction of sp³-hybridized carbons (Fsp3) is 0. The molecule has 0 unspecified atom stereocenters. The molecule has 0 saturated carbocycles. The lowest BCUT2D eigenvalue weighted by Crippen LogP contribution is -2.64. The number of fused-ring (bicyclic) bond motifs is 8. The van der Waals surface area contributed by atoms with Gasteiger partial charge in [0, 0.05) is 73.2 Å². The van der Waals surface area contributed by atoms with E-state index in [0.717, 1.165) is 90.1 Å². The van der Waals surface area contributed by atoms with Crippen LogP contribution in [-0.2, 0) is 0 Å². The van der Waals surface area contributed by atoms with Crippen LogP contribution in [0.1, 0.15) is 0 Å². The number of pyridine rings is 1. The Morgan fingerprint density at radius 2 is 0.688 bits per heavy atom. The Balaban J connectivity index is 1.01. The first-order chi connectivity index (χ1) is 39.7. The summed E-state index contributed by atoms with van der Waals surface area (Å²) in [5, 5.41) is 0. The Hall–Kier alpha value is -9.57. The van der Waals surface area contributed by atoms with Crippen molar-refractivity contribution in [3.63, 3.8) is 0 Å². The Morgan fingerprint density at radius 3 is 1.21 bits per heavy atom. The van der Waals surface area contributed by atoms with Crippen molar-refractivity contribution in [2.45, 2.75) is 0 Å².